The van der Waals surface area contributed by atoms with Crippen LogP contribution in [-0.2, 0) is 0 Å². The molecule has 16 N–H and O–H groups in total. The quantitative estimate of drug-likeness (QED) is 0.372. The molecule has 0 atom stereocenters. The average Bonchev–Trinajstić information content (AvgIpc) is 0. The molecule has 0 fully saturated rings. The van der Waals surface area contributed by atoms with Crippen molar-refractivity contribution in [3.8, 4) is 0 Å². The molecule has 0 heterocycles. The summed E-state index contributed by atoms with van der Waals surface area (Å²) in [6.07, 6.45) is 0. The van der Waals surface area contributed by atoms with Crippen LogP contribution in [0.25, 0.3) is 0 Å². The second-order valence-electron chi connectivity index (χ2n) is 0. The van der Waals surface area contributed by atoms with Gasteiger partial charge in [-0.05, 0) is 0 Å². The predicted molar refractivity (Wildman–Crippen MR) is 39.2 cm³/mol. The molecule has 0 radical (unpaired) electrons. The fraction of sp³-hybridized carbons (Fsp3) is 0. The second kappa shape index (κ2) is 16300. The summed E-state index contributed by atoms with van der Waals surface area (Å²) in [6.45, 7) is 0. The normalized spacial score (nSPS) is 0. The number of rotatable bonds is 0. The van der Waals surface area contributed by atoms with E-state index in [0.29, 0.717) is 0 Å². The molecule has 0 aliphatic carbocycles. The molecule has 0 spiro atoms. The fourth-order valence-electron chi connectivity index (χ4n) is 0. The third-order valence-corrected chi connectivity index (χ3v) is 0. The van der Waals surface area contributed by atoms with Gasteiger partial charge in [-0.15, -0.1) is 17.0 Å². The Kier molecular flexibility index (Phi) is 43300000. The van der Waals surface area contributed by atoms with Gasteiger partial charge in [-0.2, -0.15) is 0 Å². The van der Waals surface area contributed by atoms with Gasteiger partial charge in [-0.3, -0.25) is 0 Å². The van der Waals surface area contributed by atoms with Crippen LogP contribution in [0.3, 0.4) is 0 Å². The first-order valence-corrected chi connectivity index (χ1v) is 0. The third-order valence-electron chi connectivity index (χ3n) is 0. The Balaban J connectivity index is 0. The summed E-state index contributed by atoms with van der Waals surface area (Å²) < 4.78 is 0. The summed E-state index contributed by atoms with van der Waals surface area (Å²) in [7, 11) is 0. The molecule has 0 bridgehead atoms. The Hall–Kier alpha value is 0.160. The van der Waals surface area contributed by atoms with E-state index in [4.69, 9.17) is 0 Å². The van der Waals surface area contributed by atoms with Crippen LogP contribution >= 0.6 is 17.0 Å². The van der Waals surface area contributed by atoms with E-state index in [1.54, 1.807) is 0 Å². The van der Waals surface area contributed by atoms with Gasteiger partial charge in [0.1, 0.15) is 0 Å². The minimum Gasteiger partial charge on any atom is -0.412 e. The molecule has 0 aromatic rings. The topological polar surface area (TPSA) is 252 Å². The van der Waals surface area contributed by atoms with E-state index in [-0.39, 0.29) is 60.8 Å². The standard InChI is InChI=1S/BrH.8H2O/h1H;8*1H2. The highest BCUT2D eigenvalue weighted by atomic mass is 79.9. The Bertz CT molecular complexity index is 4.53. The monoisotopic (exact) mass is 224 g/mol. The molecule has 8 nitrogen and oxygen atoms in total. The molecule has 0 rings (SSSR count). The van der Waals surface area contributed by atoms with Crippen LogP contribution in [0.1, 0.15) is 0 Å². The van der Waals surface area contributed by atoms with Crippen LogP contribution in [0.4, 0.5) is 0 Å². The van der Waals surface area contributed by atoms with Crippen LogP contribution < -0.4 is 0 Å². The van der Waals surface area contributed by atoms with E-state index in [1.807, 2.05) is 0 Å². The van der Waals surface area contributed by atoms with Gasteiger partial charge < -0.3 is 43.8 Å². The molecule has 0 unspecified atom stereocenters. The second-order valence-corrected chi connectivity index (χ2v) is 0. The first-order valence-electron chi connectivity index (χ1n) is 0. The molecular weight excluding hydrogens is 208 g/mol. The smallest absolute Gasteiger partial charge is 0.114 e. The van der Waals surface area contributed by atoms with Gasteiger partial charge in [0.15, 0.2) is 0 Å². The van der Waals surface area contributed by atoms with Crippen LogP contribution in [0.5, 0.6) is 0 Å². The SMILES string of the molecule is Br.O.O.O.O.O.O.O.O. The van der Waals surface area contributed by atoms with Crippen molar-refractivity contribution in [3.05, 3.63) is 0 Å². The minimum atomic E-state index is 0. The summed E-state index contributed by atoms with van der Waals surface area (Å²) in [4.78, 5) is 0. The van der Waals surface area contributed by atoms with Gasteiger partial charge in [0.05, 0.1) is 0 Å². The molecule has 0 aromatic carbocycles. The molecule has 0 saturated heterocycles. The van der Waals surface area contributed by atoms with Crippen molar-refractivity contribution < 1.29 is 43.8 Å². The van der Waals surface area contributed by atoms with Crippen molar-refractivity contribution in [2.45, 2.75) is 0 Å². The summed E-state index contributed by atoms with van der Waals surface area (Å²) in [5.41, 5.74) is 0. The molecule has 0 aliphatic rings. The molecule has 0 aliphatic heterocycles. The van der Waals surface area contributed by atoms with E-state index in [2.05, 4.69) is 0 Å². The third kappa shape index (κ3) is 12100. The zero-order valence-corrected chi connectivity index (χ0v) is 6.12. The molecule has 9 heteroatoms. The maximum atomic E-state index is 0. The van der Waals surface area contributed by atoms with E-state index in [0.717, 1.165) is 0 Å². The van der Waals surface area contributed by atoms with Crippen LogP contribution in [0.15, 0.2) is 0 Å². The van der Waals surface area contributed by atoms with Crippen molar-refractivity contribution in [1.29, 1.82) is 0 Å². The lowest BCUT2D eigenvalue weighted by molar-refractivity contribution is 0.823. The summed E-state index contributed by atoms with van der Waals surface area (Å²) in [5.74, 6) is 0. The minimum absolute atomic E-state index is 0. The molecular formula is H17BrO8. The zero-order chi connectivity index (χ0) is 0. The highest BCUT2D eigenvalue weighted by molar-refractivity contribution is 8.93. The van der Waals surface area contributed by atoms with Crippen molar-refractivity contribution >= 4 is 17.0 Å². The predicted octanol–water partition coefficient (Wildman–Crippen LogP) is -6.02. The van der Waals surface area contributed by atoms with E-state index < -0.39 is 0 Å². The van der Waals surface area contributed by atoms with Crippen molar-refractivity contribution in [2.24, 2.45) is 0 Å². The summed E-state index contributed by atoms with van der Waals surface area (Å²) in [6, 6.07) is 0. The highest BCUT2D eigenvalue weighted by Crippen LogP contribution is 0.846. The number of hydrogen-bond acceptors (Lipinski definition) is 0. The lowest BCUT2D eigenvalue weighted by Crippen LogP contribution is -0.290. The van der Waals surface area contributed by atoms with E-state index in [1.165, 1.54) is 0 Å². The molecule has 9 heavy (non-hydrogen) atoms. The summed E-state index contributed by atoms with van der Waals surface area (Å²) >= 11 is 0. The van der Waals surface area contributed by atoms with Crippen LogP contribution in [0, 0.1) is 0 Å². The maximum absolute atomic E-state index is 0. The van der Waals surface area contributed by atoms with Crippen LogP contribution in [-0.4, -0.2) is 43.8 Å². The first kappa shape index (κ1) is 23800. The van der Waals surface area contributed by atoms with Crippen molar-refractivity contribution in [3.63, 3.8) is 0 Å². The van der Waals surface area contributed by atoms with Gasteiger partial charge in [0, 0.05) is 0 Å². The Morgan fingerprint density at radius 2 is 0.222 bits per heavy atom. The first-order chi connectivity index (χ1) is 0. The van der Waals surface area contributed by atoms with E-state index >= 15 is 0 Å². The van der Waals surface area contributed by atoms with Crippen molar-refractivity contribution in [2.75, 3.05) is 0 Å². The lowest BCUT2D eigenvalue weighted by Gasteiger charge is -0.413. The van der Waals surface area contributed by atoms with Gasteiger partial charge in [0.25, 0.3) is 0 Å². The molecule has 0 aromatic heterocycles. The molecule has 72 valence electrons. The number of hydrogen-bond donors (Lipinski definition) is 0. The Morgan fingerprint density at radius 1 is 0.222 bits per heavy atom. The molecule has 0 amide bonds. The molecule has 0 saturated carbocycles. The number of halogens is 1. The largest absolute Gasteiger partial charge is 0.412 e. The fourth-order valence-corrected chi connectivity index (χ4v) is 0. The van der Waals surface area contributed by atoms with E-state index in [9.17, 15) is 0 Å². The average molecular weight is 225 g/mol. The van der Waals surface area contributed by atoms with Gasteiger partial charge in [-0.25, -0.2) is 0 Å². The maximum Gasteiger partial charge on any atom is -0.114 e. The lowest BCUT2D eigenvalue weighted by atomic mass is 16.0. The highest BCUT2D eigenvalue weighted by Gasteiger charge is -0.114. The van der Waals surface area contributed by atoms with Gasteiger partial charge in [-0.1, -0.05) is 0 Å². The summed E-state index contributed by atoms with van der Waals surface area (Å²) in [5, 5.41) is 0. The van der Waals surface area contributed by atoms with Crippen molar-refractivity contribution in [1.82, 2.24) is 0 Å². The van der Waals surface area contributed by atoms with Gasteiger partial charge in [0.2, 0.25) is 0 Å². The Morgan fingerprint density at radius 3 is 0.222 bits per heavy atom. The Labute approximate surface area is 61.7 Å². The van der Waals surface area contributed by atoms with Crippen LogP contribution in [0.2, 0.25) is 0 Å². The zero-order valence-electron chi connectivity index (χ0n) is 4.41. The van der Waals surface area contributed by atoms with Gasteiger partial charge >= 0.3 is 0 Å².